The molecule has 0 heterocycles. The Balaban J connectivity index is 1.88. The van der Waals surface area contributed by atoms with Crippen molar-refractivity contribution in [3.63, 3.8) is 0 Å². The van der Waals surface area contributed by atoms with Crippen molar-refractivity contribution < 1.29 is 19.7 Å². The van der Waals surface area contributed by atoms with Crippen LogP contribution < -0.4 is 10.1 Å². The van der Waals surface area contributed by atoms with Gasteiger partial charge in [0.05, 0.1) is 18.8 Å². The van der Waals surface area contributed by atoms with Gasteiger partial charge in [-0.25, -0.2) is 0 Å². The Bertz CT molecular complexity index is 837. The van der Waals surface area contributed by atoms with Crippen LogP contribution in [0, 0.1) is 0 Å². The van der Waals surface area contributed by atoms with Gasteiger partial charge in [0.2, 0.25) is 0 Å². The number of hydrogen-bond donors (Lipinski definition) is 3. The number of rotatable bonds is 6. The van der Waals surface area contributed by atoms with Crippen molar-refractivity contribution in [2.75, 3.05) is 13.2 Å². The maximum absolute atomic E-state index is 12.1. The van der Waals surface area contributed by atoms with Gasteiger partial charge >= 0.3 is 0 Å². The van der Waals surface area contributed by atoms with Gasteiger partial charge in [0.25, 0.3) is 5.91 Å². The number of amides is 1. The molecular weight excluding hydrogens is 318 g/mol. The number of aliphatic hydroxyl groups is 2. The first-order valence-electron chi connectivity index (χ1n) is 8.21. The summed E-state index contributed by atoms with van der Waals surface area (Å²) in [5, 5.41) is 25.2. The molecule has 0 aliphatic rings. The van der Waals surface area contributed by atoms with E-state index >= 15 is 0 Å². The van der Waals surface area contributed by atoms with Crippen LogP contribution in [0.2, 0.25) is 0 Å². The molecule has 0 spiro atoms. The van der Waals surface area contributed by atoms with Crippen LogP contribution in [0.3, 0.4) is 0 Å². The van der Waals surface area contributed by atoms with Gasteiger partial charge < -0.3 is 20.3 Å². The zero-order chi connectivity index (χ0) is 17.8. The molecule has 130 valence electrons. The summed E-state index contributed by atoms with van der Waals surface area (Å²) in [7, 11) is 0. The second-order valence-corrected chi connectivity index (χ2v) is 6.03. The highest BCUT2D eigenvalue weighted by atomic mass is 16.5. The first-order valence-corrected chi connectivity index (χ1v) is 8.21. The van der Waals surface area contributed by atoms with Crippen molar-refractivity contribution >= 4 is 27.5 Å². The number of carbonyl (C=O) groups is 1. The molecule has 3 aromatic carbocycles. The minimum absolute atomic E-state index is 0.193. The van der Waals surface area contributed by atoms with E-state index in [9.17, 15) is 15.0 Å². The minimum Gasteiger partial charge on any atom is -0.482 e. The molecular formula is C20H21NO4. The summed E-state index contributed by atoms with van der Waals surface area (Å²) in [6, 6.07) is 17.1. The molecule has 3 N–H and O–H groups in total. The molecule has 2 unspecified atom stereocenters. The quantitative estimate of drug-likeness (QED) is 0.602. The number of nitrogens with one attached hydrogen (secondary N) is 1. The summed E-state index contributed by atoms with van der Waals surface area (Å²) >= 11 is 0. The topological polar surface area (TPSA) is 78.8 Å². The van der Waals surface area contributed by atoms with Crippen LogP contribution in [0.4, 0.5) is 0 Å². The zero-order valence-corrected chi connectivity index (χ0v) is 14.0. The summed E-state index contributed by atoms with van der Waals surface area (Å²) in [6.07, 6.45) is -0.840. The molecule has 0 aliphatic heterocycles. The highest BCUT2D eigenvalue weighted by Crippen LogP contribution is 2.34. The van der Waals surface area contributed by atoms with Gasteiger partial charge in [0.15, 0.2) is 6.61 Å². The molecule has 0 bridgehead atoms. The lowest BCUT2D eigenvalue weighted by atomic mass is 10.0. The molecule has 0 fully saturated rings. The fourth-order valence-corrected chi connectivity index (χ4v) is 2.83. The Kier molecular flexibility index (Phi) is 5.16. The third-order valence-corrected chi connectivity index (χ3v) is 4.19. The van der Waals surface area contributed by atoms with E-state index in [4.69, 9.17) is 4.74 Å². The average molecular weight is 339 g/mol. The van der Waals surface area contributed by atoms with Crippen LogP contribution in [-0.4, -0.2) is 41.5 Å². The Morgan fingerprint density at radius 2 is 1.64 bits per heavy atom. The van der Waals surface area contributed by atoms with Crippen LogP contribution in [0.5, 0.6) is 5.75 Å². The molecule has 0 saturated carbocycles. The third-order valence-electron chi connectivity index (χ3n) is 4.19. The van der Waals surface area contributed by atoms with Crippen molar-refractivity contribution in [2.24, 2.45) is 0 Å². The molecule has 5 nitrogen and oxygen atoms in total. The second kappa shape index (κ2) is 7.51. The molecule has 0 saturated heterocycles. The van der Waals surface area contributed by atoms with Gasteiger partial charge in [-0.05, 0) is 23.8 Å². The fraction of sp³-hybridized carbons (Fsp3) is 0.250. The van der Waals surface area contributed by atoms with Crippen molar-refractivity contribution in [3.8, 4) is 5.75 Å². The predicted octanol–water partition coefficient (Wildman–Crippen LogP) is 2.23. The maximum Gasteiger partial charge on any atom is 0.258 e. The first kappa shape index (κ1) is 17.2. The van der Waals surface area contributed by atoms with E-state index in [1.165, 1.54) is 6.92 Å². The highest BCUT2D eigenvalue weighted by Gasteiger charge is 2.17. The van der Waals surface area contributed by atoms with Crippen LogP contribution in [0.15, 0.2) is 54.6 Å². The van der Waals surface area contributed by atoms with E-state index in [1.807, 2.05) is 48.5 Å². The van der Waals surface area contributed by atoms with Gasteiger partial charge in [-0.3, -0.25) is 4.79 Å². The van der Waals surface area contributed by atoms with E-state index in [0.717, 1.165) is 21.5 Å². The normalized spacial score (nSPS) is 13.6. The second-order valence-electron chi connectivity index (χ2n) is 6.03. The van der Waals surface area contributed by atoms with E-state index in [0.29, 0.717) is 5.75 Å². The van der Waals surface area contributed by atoms with Gasteiger partial charge in [-0.1, -0.05) is 48.5 Å². The molecule has 2 atom stereocenters. The smallest absolute Gasteiger partial charge is 0.258 e. The van der Waals surface area contributed by atoms with Crippen LogP contribution >= 0.6 is 0 Å². The molecule has 3 rings (SSSR count). The average Bonchev–Trinajstić information content (AvgIpc) is 2.62. The largest absolute Gasteiger partial charge is 0.482 e. The van der Waals surface area contributed by atoms with Gasteiger partial charge in [0, 0.05) is 10.8 Å². The number of ether oxygens (including phenoxy) is 1. The highest BCUT2D eigenvalue weighted by molar-refractivity contribution is 6.05. The van der Waals surface area contributed by atoms with E-state index < -0.39 is 18.1 Å². The Hall–Kier alpha value is -2.63. The summed E-state index contributed by atoms with van der Waals surface area (Å²) < 4.78 is 5.84. The third kappa shape index (κ3) is 3.73. The van der Waals surface area contributed by atoms with Gasteiger partial charge in [-0.2, -0.15) is 0 Å². The molecule has 3 aromatic rings. The van der Waals surface area contributed by atoms with E-state index in [2.05, 4.69) is 11.4 Å². The summed E-state index contributed by atoms with van der Waals surface area (Å²) in [5.74, 6) is 0.262. The molecule has 0 aromatic heterocycles. The number of aliphatic hydroxyl groups excluding tert-OH is 2. The van der Waals surface area contributed by atoms with Crippen LogP contribution in [0.25, 0.3) is 21.5 Å². The molecule has 25 heavy (non-hydrogen) atoms. The van der Waals surface area contributed by atoms with E-state index in [-0.39, 0.29) is 13.2 Å². The molecule has 0 radical (unpaired) electrons. The van der Waals surface area contributed by atoms with Gasteiger partial charge in [0.1, 0.15) is 5.75 Å². The number of hydrogen-bond acceptors (Lipinski definition) is 4. The SMILES string of the molecule is CC(O)C(CO)NC(=O)COc1c2ccccc2cc2ccccc12. The number of carbonyl (C=O) groups excluding carboxylic acids is 1. The fourth-order valence-electron chi connectivity index (χ4n) is 2.83. The molecule has 1 amide bonds. The minimum atomic E-state index is -0.840. The van der Waals surface area contributed by atoms with Crippen molar-refractivity contribution in [3.05, 3.63) is 54.6 Å². The predicted molar refractivity (Wildman–Crippen MR) is 97.6 cm³/mol. The Labute approximate surface area is 145 Å². The summed E-state index contributed by atoms with van der Waals surface area (Å²) in [4.78, 5) is 12.1. The van der Waals surface area contributed by atoms with Crippen LogP contribution in [0.1, 0.15) is 6.92 Å². The maximum atomic E-state index is 12.1. The van der Waals surface area contributed by atoms with Crippen LogP contribution in [-0.2, 0) is 4.79 Å². The molecule has 5 heteroatoms. The lowest BCUT2D eigenvalue weighted by Gasteiger charge is -2.19. The summed E-state index contributed by atoms with van der Waals surface area (Å²) in [5.41, 5.74) is 0. The molecule has 0 aliphatic carbocycles. The van der Waals surface area contributed by atoms with E-state index in [1.54, 1.807) is 0 Å². The first-order chi connectivity index (χ1) is 12.1. The standard InChI is InChI=1S/C20H21NO4/c1-13(23)18(11-22)21-19(24)12-25-20-16-8-4-2-6-14(16)10-15-7-3-5-9-17(15)20/h2-10,13,18,22-23H,11-12H2,1H3,(H,21,24). The van der Waals surface area contributed by atoms with Crippen molar-refractivity contribution in [1.82, 2.24) is 5.32 Å². The lowest BCUT2D eigenvalue weighted by molar-refractivity contribution is -0.125. The Morgan fingerprint density at radius 3 is 2.16 bits per heavy atom. The Morgan fingerprint density at radius 1 is 1.08 bits per heavy atom. The number of benzene rings is 3. The zero-order valence-electron chi connectivity index (χ0n) is 14.0. The van der Waals surface area contributed by atoms with Gasteiger partial charge in [-0.15, -0.1) is 0 Å². The van der Waals surface area contributed by atoms with Crippen molar-refractivity contribution in [1.29, 1.82) is 0 Å². The van der Waals surface area contributed by atoms with Crippen molar-refractivity contribution in [2.45, 2.75) is 19.1 Å². The number of fused-ring (bicyclic) bond motifs is 2. The lowest BCUT2D eigenvalue weighted by Crippen LogP contribution is -2.46. The summed E-state index contributed by atoms with van der Waals surface area (Å²) in [6.45, 7) is 0.988. The monoisotopic (exact) mass is 339 g/mol.